The van der Waals surface area contributed by atoms with Crippen molar-refractivity contribution in [3.05, 3.63) is 15.6 Å². The number of thiazole rings is 1. The normalized spacial score (nSPS) is 11.0. The van der Waals surface area contributed by atoms with Gasteiger partial charge in [-0.3, -0.25) is 9.69 Å². The lowest BCUT2D eigenvalue weighted by atomic mass is 10.4. The summed E-state index contributed by atoms with van der Waals surface area (Å²) in [5, 5.41) is 3.64. The highest BCUT2D eigenvalue weighted by Gasteiger charge is 2.17. The fourth-order valence-electron chi connectivity index (χ4n) is 1.81. The minimum Gasteiger partial charge on any atom is -0.462 e. The summed E-state index contributed by atoms with van der Waals surface area (Å²) in [5.41, 5.74) is 0.675. The Balaban J connectivity index is 2.61. The molecule has 0 aliphatic carbocycles. The molecule has 0 aliphatic rings. The van der Waals surface area contributed by atoms with Crippen LogP contribution < -0.4 is 5.32 Å². The maximum Gasteiger partial charge on any atom is 0.350 e. The zero-order valence-electron chi connectivity index (χ0n) is 13.2. The van der Waals surface area contributed by atoms with Crippen molar-refractivity contribution < 1.29 is 14.3 Å². The highest BCUT2D eigenvalue weighted by Crippen LogP contribution is 2.20. The Morgan fingerprint density at radius 2 is 2.10 bits per heavy atom. The molecule has 0 unspecified atom stereocenters. The smallest absolute Gasteiger partial charge is 0.350 e. The van der Waals surface area contributed by atoms with Crippen LogP contribution in [0.2, 0.25) is 0 Å². The maximum absolute atomic E-state index is 11.7. The molecule has 7 heteroatoms. The molecule has 21 heavy (non-hydrogen) atoms. The second-order valence-corrected chi connectivity index (χ2v) is 6.22. The van der Waals surface area contributed by atoms with Gasteiger partial charge in [-0.05, 0) is 34.7 Å². The fourth-order valence-corrected chi connectivity index (χ4v) is 2.84. The van der Waals surface area contributed by atoms with Gasteiger partial charge in [0.1, 0.15) is 9.88 Å². The molecule has 6 nitrogen and oxygen atoms in total. The fraction of sp³-hybridized carbons (Fsp3) is 0.643. The summed E-state index contributed by atoms with van der Waals surface area (Å²) in [6.45, 7) is 8.58. The van der Waals surface area contributed by atoms with Crippen molar-refractivity contribution in [1.82, 2.24) is 15.2 Å². The van der Waals surface area contributed by atoms with Gasteiger partial charge >= 0.3 is 5.97 Å². The molecule has 0 radical (unpaired) electrons. The van der Waals surface area contributed by atoms with Crippen LogP contribution in [-0.4, -0.2) is 48.0 Å². The monoisotopic (exact) mass is 313 g/mol. The molecule has 1 aromatic heterocycles. The van der Waals surface area contributed by atoms with Gasteiger partial charge in [0.15, 0.2) is 0 Å². The third-order valence-corrected chi connectivity index (χ3v) is 3.69. The lowest BCUT2D eigenvalue weighted by Gasteiger charge is -2.16. The Bertz CT molecular complexity index is 500. The van der Waals surface area contributed by atoms with Gasteiger partial charge in [-0.1, -0.05) is 0 Å². The number of carbonyl (C=O) groups is 2. The lowest BCUT2D eigenvalue weighted by Crippen LogP contribution is -2.38. The number of carbonyl (C=O) groups excluding carboxylic acids is 2. The molecule has 1 amide bonds. The summed E-state index contributed by atoms with van der Waals surface area (Å²) in [7, 11) is 1.85. The number of ether oxygens (including phenoxy) is 1. The molecule has 0 fully saturated rings. The summed E-state index contributed by atoms with van der Waals surface area (Å²) in [5.74, 6) is -0.356. The first-order valence-corrected chi connectivity index (χ1v) is 7.76. The average Bonchev–Trinajstić information content (AvgIpc) is 2.68. The average molecular weight is 313 g/mol. The number of nitrogens with one attached hydrogen (secondary N) is 1. The molecule has 0 atom stereocenters. The Morgan fingerprint density at radius 1 is 1.43 bits per heavy atom. The van der Waals surface area contributed by atoms with Crippen LogP contribution in [0.3, 0.4) is 0 Å². The second-order valence-electron chi connectivity index (χ2n) is 5.14. The van der Waals surface area contributed by atoms with Gasteiger partial charge in [0.05, 0.1) is 25.4 Å². The predicted molar refractivity (Wildman–Crippen MR) is 82.4 cm³/mol. The largest absolute Gasteiger partial charge is 0.462 e. The van der Waals surface area contributed by atoms with Crippen molar-refractivity contribution >= 4 is 23.2 Å². The van der Waals surface area contributed by atoms with Crippen molar-refractivity contribution in [2.24, 2.45) is 0 Å². The summed E-state index contributed by atoms with van der Waals surface area (Å²) in [4.78, 5) is 30.2. The highest BCUT2D eigenvalue weighted by molar-refractivity contribution is 7.13. The molecule has 118 valence electrons. The van der Waals surface area contributed by atoms with Crippen LogP contribution in [-0.2, 0) is 16.1 Å². The van der Waals surface area contributed by atoms with E-state index in [1.807, 2.05) is 25.8 Å². The Morgan fingerprint density at radius 3 is 2.67 bits per heavy atom. The number of hydrogen-bond acceptors (Lipinski definition) is 6. The quantitative estimate of drug-likeness (QED) is 0.774. The highest BCUT2D eigenvalue weighted by atomic mass is 32.1. The summed E-state index contributed by atoms with van der Waals surface area (Å²) < 4.78 is 4.99. The van der Waals surface area contributed by atoms with Gasteiger partial charge in [0.2, 0.25) is 5.91 Å². The number of nitrogens with zero attached hydrogens (tertiary/aromatic N) is 2. The van der Waals surface area contributed by atoms with E-state index < -0.39 is 0 Å². The molecule has 0 spiro atoms. The first-order valence-electron chi connectivity index (χ1n) is 6.94. The van der Waals surface area contributed by atoms with E-state index in [1.54, 1.807) is 13.8 Å². The summed E-state index contributed by atoms with van der Waals surface area (Å²) >= 11 is 1.32. The molecule has 0 saturated heterocycles. The van der Waals surface area contributed by atoms with E-state index >= 15 is 0 Å². The van der Waals surface area contributed by atoms with Crippen molar-refractivity contribution in [3.8, 4) is 0 Å². The molecule has 1 aromatic rings. The van der Waals surface area contributed by atoms with Crippen LogP contribution >= 0.6 is 11.3 Å². The van der Waals surface area contributed by atoms with E-state index in [2.05, 4.69) is 10.3 Å². The van der Waals surface area contributed by atoms with E-state index in [9.17, 15) is 9.59 Å². The molecule has 0 bridgehead atoms. The molecule has 0 saturated carbocycles. The number of aromatic nitrogens is 1. The van der Waals surface area contributed by atoms with Gasteiger partial charge in [-0.15, -0.1) is 11.3 Å². The molecule has 0 aliphatic heterocycles. The number of aryl methyl sites for hydroxylation is 1. The maximum atomic E-state index is 11.7. The van der Waals surface area contributed by atoms with Gasteiger partial charge in [0.25, 0.3) is 0 Å². The minimum atomic E-state index is -0.334. The molecule has 1 rings (SSSR count). The minimum absolute atomic E-state index is 0.0219. The molecule has 0 aromatic carbocycles. The molecular formula is C14H23N3O3S. The third kappa shape index (κ3) is 5.81. The molecular weight excluding hydrogens is 290 g/mol. The topological polar surface area (TPSA) is 71.5 Å². The summed E-state index contributed by atoms with van der Waals surface area (Å²) in [6.07, 6.45) is 0. The third-order valence-electron chi connectivity index (χ3n) is 2.57. The van der Waals surface area contributed by atoms with Crippen LogP contribution in [0.15, 0.2) is 0 Å². The SMILES string of the molecule is CCOC(=O)c1sc(CN(C)CC(=O)NC(C)C)nc1C. The first kappa shape index (κ1) is 17.6. The van der Waals surface area contributed by atoms with Crippen LogP contribution in [0.5, 0.6) is 0 Å². The van der Waals surface area contributed by atoms with E-state index in [-0.39, 0.29) is 17.9 Å². The number of hydrogen-bond donors (Lipinski definition) is 1. The van der Waals surface area contributed by atoms with Gasteiger partial charge in [-0.2, -0.15) is 0 Å². The van der Waals surface area contributed by atoms with Crippen LogP contribution in [0.25, 0.3) is 0 Å². The molecule has 1 N–H and O–H groups in total. The van der Waals surface area contributed by atoms with Gasteiger partial charge in [-0.25, -0.2) is 9.78 Å². The van der Waals surface area contributed by atoms with E-state index in [1.165, 1.54) is 11.3 Å². The Kier molecular flexibility index (Phi) is 6.77. The second kappa shape index (κ2) is 8.09. The lowest BCUT2D eigenvalue weighted by molar-refractivity contribution is -0.122. The molecule has 1 heterocycles. The number of rotatable bonds is 7. The predicted octanol–water partition coefficient (Wildman–Crippen LogP) is 1.58. The number of amides is 1. The zero-order valence-corrected chi connectivity index (χ0v) is 14.0. The number of likely N-dealkylation sites (N-methyl/N-ethyl adjacent to an activating group) is 1. The van der Waals surface area contributed by atoms with Crippen LogP contribution in [0.1, 0.15) is 41.1 Å². The van der Waals surface area contributed by atoms with Gasteiger partial charge < -0.3 is 10.1 Å². The van der Waals surface area contributed by atoms with E-state index in [0.717, 1.165) is 5.01 Å². The van der Waals surface area contributed by atoms with Crippen LogP contribution in [0.4, 0.5) is 0 Å². The van der Waals surface area contributed by atoms with Crippen molar-refractivity contribution in [3.63, 3.8) is 0 Å². The Hall–Kier alpha value is -1.47. The number of esters is 1. The zero-order chi connectivity index (χ0) is 16.0. The van der Waals surface area contributed by atoms with Crippen molar-refractivity contribution in [1.29, 1.82) is 0 Å². The Labute approximate surface area is 129 Å². The van der Waals surface area contributed by atoms with Crippen LogP contribution in [0, 0.1) is 6.92 Å². The first-order chi connectivity index (χ1) is 9.83. The standard InChI is InChI=1S/C14H23N3O3S/c1-6-20-14(19)13-10(4)16-12(21-13)8-17(5)7-11(18)15-9(2)3/h9H,6-8H2,1-5H3,(H,15,18). The summed E-state index contributed by atoms with van der Waals surface area (Å²) in [6, 6.07) is 0.128. The van der Waals surface area contributed by atoms with E-state index in [4.69, 9.17) is 4.74 Å². The van der Waals surface area contributed by atoms with E-state index in [0.29, 0.717) is 30.3 Å². The van der Waals surface area contributed by atoms with Crippen molar-refractivity contribution in [2.75, 3.05) is 20.2 Å². The van der Waals surface area contributed by atoms with Gasteiger partial charge in [0, 0.05) is 6.04 Å². The van der Waals surface area contributed by atoms with Crippen molar-refractivity contribution in [2.45, 2.75) is 40.3 Å².